The summed E-state index contributed by atoms with van der Waals surface area (Å²) in [6.07, 6.45) is 0. The van der Waals surface area contributed by atoms with Crippen LogP contribution in [0.15, 0.2) is 46.9 Å². The third-order valence-electron chi connectivity index (χ3n) is 3.68. The third-order valence-corrected chi connectivity index (χ3v) is 5.46. The summed E-state index contributed by atoms with van der Waals surface area (Å²) >= 11 is 10.9. The summed E-state index contributed by atoms with van der Waals surface area (Å²) < 4.78 is 2.04. The normalized spacial score (nSPS) is 10.8. The Balaban J connectivity index is 0.00000243. The fourth-order valence-electron chi connectivity index (χ4n) is 2.33. The Hall–Kier alpha value is -1.18. The second kappa shape index (κ2) is 9.15. The number of likely N-dealkylation sites (N-methyl/N-ethyl adjacent to an activating group) is 1. The number of nitrogens with zero attached hydrogens (tertiary/aromatic N) is 3. The minimum absolute atomic E-state index is 0. The molecule has 0 atom stereocenters. The Labute approximate surface area is 176 Å². The summed E-state index contributed by atoms with van der Waals surface area (Å²) in [5.74, 6) is -0.0726. The van der Waals surface area contributed by atoms with Crippen LogP contribution in [-0.2, 0) is 0 Å². The maximum atomic E-state index is 13.0. The summed E-state index contributed by atoms with van der Waals surface area (Å²) in [5.41, 5.74) is 1.49. The average molecular weight is 475 g/mol. The van der Waals surface area contributed by atoms with Crippen molar-refractivity contribution in [1.29, 1.82) is 0 Å². The van der Waals surface area contributed by atoms with Crippen LogP contribution in [0.4, 0.5) is 5.13 Å². The van der Waals surface area contributed by atoms with Crippen molar-refractivity contribution in [2.45, 2.75) is 0 Å². The standard InChI is InChI=1S/C18H17BrClN3OS.ClH/c1-22(2)9-10-23(17(24)12-3-6-14(20)7-4-12)18-21-15-8-5-13(19)11-16(15)25-18;/h3-8,11H,9-10H2,1-2H3;1H. The van der Waals surface area contributed by atoms with E-state index in [0.29, 0.717) is 22.3 Å². The van der Waals surface area contributed by atoms with Gasteiger partial charge in [0, 0.05) is 28.1 Å². The number of fused-ring (bicyclic) bond motifs is 1. The lowest BCUT2D eigenvalue weighted by Crippen LogP contribution is -2.36. The molecular formula is C18H18BrCl2N3OS. The molecule has 3 aromatic rings. The summed E-state index contributed by atoms with van der Waals surface area (Å²) in [5, 5.41) is 1.32. The van der Waals surface area contributed by atoms with Gasteiger partial charge in [0.1, 0.15) is 0 Å². The van der Waals surface area contributed by atoms with E-state index in [4.69, 9.17) is 11.6 Å². The molecule has 0 aliphatic heterocycles. The number of carbonyl (C=O) groups excluding carboxylic acids is 1. The molecule has 0 bridgehead atoms. The summed E-state index contributed by atoms with van der Waals surface area (Å²) in [6.45, 7) is 1.31. The van der Waals surface area contributed by atoms with Crippen molar-refractivity contribution in [2.24, 2.45) is 0 Å². The van der Waals surface area contributed by atoms with E-state index in [1.165, 1.54) is 11.3 Å². The van der Waals surface area contributed by atoms with Crippen molar-refractivity contribution < 1.29 is 4.79 Å². The quantitative estimate of drug-likeness (QED) is 0.500. The predicted molar refractivity (Wildman–Crippen MR) is 116 cm³/mol. The van der Waals surface area contributed by atoms with Gasteiger partial charge in [-0.15, -0.1) is 12.4 Å². The number of halogens is 3. The van der Waals surface area contributed by atoms with Gasteiger partial charge >= 0.3 is 0 Å². The molecule has 8 heteroatoms. The van der Waals surface area contributed by atoms with Crippen molar-refractivity contribution in [3.05, 3.63) is 57.5 Å². The van der Waals surface area contributed by atoms with Gasteiger partial charge in [-0.25, -0.2) is 4.98 Å². The molecule has 3 rings (SSSR count). The van der Waals surface area contributed by atoms with Crippen LogP contribution >= 0.6 is 51.3 Å². The van der Waals surface area contributed by atoms with Gasteiger partial charge in [-0.1, -0.05) is 38.9 Å². The monoisotopic (exact) mass is 473 g/mol. The van der Waals surface area contributed by atoms with Crippen molar-refractivity contribution >= 4 is 72.5 Å². The van der Waals surface area contributed by atoms with Crippen molar-refractivity contribution in [2.75, 3.05) is 32.1 Å². The number of hydrogen-bond donors (Lipinski definition) is 0. The van der Waals surface area contributed by atoms with Crippen molar-refractivity contribution in [3.8, 4) is 0 Å². The number of aromatic nitrogens is 1. The number of thiazole rings is 1. The third kappa shape index (κ3) is 4.96. The van der Waals surface area contributed by atoms with E-state index in [9.17, 15) is 4.79 Å². The molecule has 0 radical (unpaired) electrons. The van der Waals surface area contributed by atoms with Crippen LogP contribution in [0.25, 0.3) is 10.2 Å². The molecule has 2 aromatic carbocycles. The van der Waals surface area contributed by atoms with Gasteiger partial charge in [0.25, 0.3) is 5.91 Å². The highest BCUT2D eigenvalue weighted by atomic mass is 79.9. The van der Waals surface area contributed by atoms with E-state index in [1.807, 2.05) is 37.2 Å². The lowest BCUT2D eigenvalue weighted by molar-refractivity contribution is 0.0985. The summed E-state index contributed by atoms with van der Waals surface area (Å²) in [4.78, 5) is 21.5. The van der Waals surface area contributed by atoms with Crippen LogP contribution in [0.3, 0.4) is 0 Å². The van der Waals surface area contributed by atoms with Crippen LogP contribution in [0.2, 0.25) is 5.02 Å². The molecule has 26 heavy (non-hydrogen) atoms. The summed E-state index contributed by atoms with van der Waals surface area (Å²) in [7, 11) is 3.97. The molecule has 0 aliphatic carbocycles. The number of carbonyl (C=O) groups is 1. The Morgan fingerprint density at radius 2 is 1.85 bits per heavy atom. The highest BCUT2D eigenvalue weighted by Gasteiger charge is 2.21. The molecule has 0 aliphatic rings. The molecule has 138 valence electrons. The molecule has 1 amide bonds. The highest BCUT2D eigenvalue weighted by molar-refractivity contribution is 9.10. The smallest absolute Gasteiger partial charge is 0.260 e. The molecule has 1 aromatic heterocycles. The van der Waals surface area contributed by atoms with Gasteiger partial charge in [0.2, 0.25) is 0 Å². The van der Waals surface area contributed by atoms with E-state index >= 15 is 0 Å². The van der Waals surface area contributed by atoms with E-state index in [-0.39, 0.29) is 18.3 Å². The lowest BCUT2D eigenvalue weighted by atomic mass is 10.2. The lowest BCUT2D eigenvalue weighted by Gasteiger charge is -2.22. The van der Waals surface area contributed by atoms with Gasteiger partial charge in [-0.05, 0) is 56.6 Å². The molecular weight excluding hydrogens is 457 g/mol. The Bertz CT molecular complexity index is 899. The highest BCUT2D eigenvalue weighted by Crippen LogP contribution is 2.31. The van der Waals surface area contributed by atoms with Crippen LogP contribution in [0.1, 0.15) is 10.4 Å². The van der Waals surface area contributed by atoms with Gasteiger partial charge in [-0.3, -0.25) is 9.69 Å². The van der Waals surface area contributed by atoms with E-state index in [2.05, 4.69) is 20.9 Å². The minimum atomic E-state index is -0.0726. The fourth-order valence-corrected chi connectivity index (χ4v) is 4.00. The number of benzene rings is 2. The maximum Gasteiger partial charge on any atom is 0.260 e. The molecule has 1 heterocycles. The molecule has 0 unspecified atom stereocenters. The second-order valence-electron chi connectivity index (χ2n) is 5.88. The van der Waals surface area contributed by atoms with E-state index in [0.717, 1.165) is 21.2 Å². The molecule has 0 saturated heterocycles. The number of anilines is 1. The first kappa shape index (κ1) is 21.1. The molecule has 0 spiro atoms. The largest absolute Gasteiger partial charge is 0.308 e. The predicted octanol–water partition coefficient (Wildman–Crippen LogP) is 5.34. The van der Waals surface area contributed by atoms with Gasteiger partial charge in [0.15, 0.2) is 5.13 Å². The maximum absolute atomic E-state index is 13.0. The van der Waals surface area contributed by atoms with E-state index < -0.39 is 0 Å². The SMILES string of the molecule is CN(C)CCN(C(=O)c1ccc(Cl)cc1)c1nc2ccc(Br)cc2s1.Cl. The van der Waals surface area contributed by atoms with Crippen LogP contribution in [-0.4, -0.2) is 43.0 Å². The van der Waals surface area contributed by atoms with Crippen LogP contribution in [0.5, 0.6) is 0 Å². The second-order valence-corrected chi connectivity index (χ2v) is 8.24. The first-order chi connectivity index (χ1) is 11.9. The van der Waals surface area contributed by atoms with Crippen LogP contribution < -0.4 is 4.90 Å². The zero-order chi connectivity index (χ0) is 18.0. The number of amides is 1. The molecule has 0 N–H and O–H groups in total. The van der Waals surface area contributed by atoms with Crippen LogP contribution in [0, 0.1) is 0 Å². The first-order valence-electron chi connectivity index (χ1n) is 7.72. The van der Waals surface area contributed by atoms with Gasteiger partial charge < -0.3 is 4.90 Å². The topological polar surface area (TPSA) is 36.4 Å². The minimum Gasteiger partial charge on any atom is -0.308 e. The number of hydrogen-bond acceptors (Lipinski definition) is 4. The Morgan fingerprint density at radius 1 is 1.15 bits per heavy atom. The van der Waals surface area contributed by atoms with Gasteiger partial charge in [-0.2, -0.15) is 0 Å². The summed E-state index contributed by atoms with van der Waals surface area (Å²) in [6, 6.07) is 12.9. The van der Waals surface area contributed by atoms with E-state index in [1.54, 1.807) is 29.2 Å². The molecule has 4 nitrogen and oxygen atoms in total. The fraction of sp³-hybridized carbons (Fsp3) is 0.222. The Kier molecular flexibility index (Phi) is 7.43. The Morgan fingerprint density at radius 3 is 2.50 bits per heavy atom. The zero-order valence-corrected chi connectivity index (χ0v) is 18.3. The first-order valence-corrected chi connectivity index (χ1v) is 9.71. The van der Waals surface area contributed by atoms with Crippen molar-refractivity contribution in [1.82, 2.24) is 9.88 Å². The van der Waals surface area contributed by atoms with Gasteiger partial charge in [0.05, 0.1) is 10.2 Å². The molecule has 0 fully saturated rings. The average Bonchev–Trinajstić information content (AvgIpc) is 2.98. The number of rotatable bonds is 5. The molecule has 0 saturated carbocycles. The van der Waals surface area contributed by atoms with Crippen molar-refractivity contribution in [3.63, 3.8) is 0 Å². The zero-order valence-electron chi connectivity index (χ0n) is 14.3.